The number of thiophene rings is 1. The van der Waals surface area contributed by atoms with E-state index in [2.05, 4.69) is 15.8 Å². The number of amides is 2. The number of esters is 1. The molecule has 1 aliphatic carbocycles. The average molecular weight is 457 g/mol. The third-order valence-electron chi connectivity index (χ3n) is 5.12. The van der Waals surface area contributed by atoms with Crippen molar-refractivity contribution in [2.75, 3.05) is 30.9 Å². The Bertz CT molecular complexity index is 1010. The van der Waals surface area contributed by atoms with Gasteiger partial charge < -0.3 is 15.0 Å². The summed E-state index contributed by atoms with van der Waals surface area (Å²) in [6, 6.07) is 7.56. The number of fused-ring (bicyclic) bond motifs is 1. The first-order valence-electron chi connectivity index (χ1n) is 10.6. The van der Waals surface area contributed by atoms with E-state index in [-0.39, 0.29) is 6.61 Å². The molecule has 0 spiro atoms. The lowest BCUT2D eigenvalue weighted by atomic mass is 10.1. The molecule has 1 aromatic carbocycles. The number of ether oxygens (including phenoxy) is 1. The van der Waals surface area contributed by atoms with Crippen molar-refractivity contribution in [1.29, 1.82) is 0 Å². The van der Waals surface area contributed by atoms with Gasteiger partial charge in [-0.25, -0.2) is 10.2 Å². The Balaban J connectivity index is 1.68. The Morgan fingerprint density at radius 1 is 1.09 bits per heavy atom. The minimum absolute atomic E-state index is 0.238. The van der Waals surface area contributed by atoms with Crippen LogP contribution < -0.4 is 15.6 Å². The second-order valence-electron chi connectivity index (χ2n) is 7.63. The third-order valence-corrected chi connectivity index (χ3v) is 6.33. The zero-order valence-corrected chi connectivity index (χ0v) is 19.4. The Morgan fingerprint density at radius 2 is 1.81 bits per heavy atom. The first-order chi connectivity index (χ1) is 15.4. The van der Waals surface area contributed by atoms with E-state index in [9.17, 15) is 14.4 Å². The van der Waals surface area contributed by atoms with Gasteiger partial charge in [0.05, 0.1) is 18.4 Å². The molecule has 0 fully saturated rings. The van der Waals surface area contributed by atoms with E-state index in [4.69, 9.17) is 4.74 Å². The first-order valence-corrected chi connectivity index (χ1v) is 11.5. The van der Waals surface area contributed by atoms with Gasteiger partial charge in [0.15, 0.2) is 0 Å². The van der Waals surface area contributed by atoms with Crippen LogP contribution in [0.3, 0.4) is 0 Å². The molecule has 1 aromatic heterocycles. The number of hydrogen-bond donors (Lipinski definition) is 2. The van der Waals surface area contributed by atoms with Crippen LogP contribution in [0.4, 0.5) is 10.7 Å². The minimum Gasteiger partial charge on any atom is -0.462 e. The lowest BCUT2D eigenvalue weighted by molar-refractivity contribution is -0.136. The van der Waals surface area contributed by atoms with Crippen molar-refractivity contribution in [2.45, 2.75) is 39.0 Å². The molecule has 0 saturated carbocycles. The Morgan fingerprint density at radius 3 is 2.50 bits per heavy atom. The number of benzene rings is 1. The summed E-state index contributed by atoms with van der Waals surface area (Å²) in [4.78, 5) is 40.3. The third kappa shape index (κ3) is 5.73. The molecule has 8 nitrogen and oxygen atoms in total. The highest BCUT2D eigenvalue weighted by Gasteiger charge is 2.27. The molecule has 0 radical (unpaired) electrons. The Hall–Kier alpha value is -3.20. The van der Waals surface area contributed by atoms with E-state index in [1.165, 1.54) is 17.6 Å². The second kappa shape index (κ2) is 10.9. The average Bonchev–Trinajstić information content (AvgIpc) is 2.94. The molecular formula is C23H28N4O4S. The summed E-state index contributed by atoms with van der Waals surface area (Å²) in [6.45, 7) is 1.97. The minimum atomic E-state index is -0.912. The number of nitrogens with zero attached hydrogens (tertiary/aromatic N) is 2. The first kappa shape index (κ1) is 23.5. The fraction of sp³-hybridized carbons (Fsp3) is 0.391. The van der Waals surface area contributed by atoms with Crippen LogP contribution in [-0.4, -0.2) is 44.7 Å². The second-order valence-corrected chi connectivity index (χ2v) is 8.73. The molecule has 0 atom stereocenters. The number of carbonyl (C=O) groups is 3. The van der Waals surface area contributed by atoms with Crippen LogP contribution in [0.25, 0.3) is 0 Å². The molecule has 0 bridgehead atoms. The Labute approximate surface area is 191 Å². The Kier molecular flexibility index (Phi) is 7.99. The lowest BCUT2D eigenvalue weighted by Gasteiger charge is -2.11. The van der Waals surface area contributed by atoms with Gasteiger partial charge in [-0.3, -0.25) is 9.59 Å². The van der Waals surface area contributed by atoms with Gasteiger partial charge in [0.2, 0.25) is 0 Å². The number of nitrogens with one attached hydrogen (secondary N) is 2. The van der Waals surface area contributed by atoms with Crippen molar-refractivity contribution in [3.05, 3.63) is 45.8 Å². The predicted octanol–water partition coefficient (Wildman–Crippen LogP) is 3.35. The summed E-state index contributed by atoms with van der Waals surface area (Å²) < 4.78 is 5.20. The summed E-state index contributed by atoms with van der Waals surface area (Å²) in [7, 11) is 3.89. The van der Waals surface area contributed by atoms with Crippen LogP contribution in [0, 0.1) is 0 Å². The van der Waals surface area contributed by atoms with Gasteiger partial charge in [-0.15, -0.1) is 11.3 Å². The van der Waals surface area contributed by atoms with E-state index in [1.54, 1.807) is 6.92 Å². The molecule has 1 aliphatic rings. The van der Waals surface area contributed by atoms with Crippen molar-refractivity contribution in [2.24, 2.45) is 5.10 Å². The normalized spacial score (nSPS) is 13.2. The quantitative estimate of drug-likeness (QED) is 0.228. The zero-order chi connectivity index (χ0) is 23.1. The molecule has 0 aliphatic heterocycles. The maximum Gasteiger partial charge on any atom is 0.341 e. The molecule has 2 N–H and O–H groups in total. The summed E-state index contributed by atoms with van der Waals surface area (Å²) in [5.41, 5.74) is 5.36. The van der Waals surface area contributed by atoms with Crippen molar-refractivity contribution in [1.82, 2.24) is 5.43 Å². The number of aryl methyl sites for hydroxylation is 1. The predicted molar refractivity (Wildman–Crippen MR) is 127 cm³/mol. The van der Waals surface area contributed by atoms with Gasteiger partial charge in [-0.2, -0.15) is 5.10 Å². The summed E-state index contributed by atoms with van der Waals surface area (Å²) in [5.74, 6) is -2.27. The highest BCUT2D eigenvalue weighted by atomic mass is 32.1. The fourth-order valence-corrected chi connectivity index (χ4v) is 4.76. The van der Waals surface area contributed by atoms with E-state index < -0.39 is 17.8 Å². The van der Waals surface area contributed by atoms with E-state index in [0.717, 1.165) is 53.8 Å². The van der Waals surface area contributed by atoms with Crippen LogP contribution in [0.5, 0.6) is 0 Å². The molecule has 2 amide bonds. The van der Waals surface area contributed by atoms with E-state index >= 15 is 0 Å². The van der Waals surface area contributed by atoms with Gasteiger partial charge in [-0.05, 0) is 55.9 Å². The van der Waals surface area contributed by atoms with E-state index in [0.29, 0.717) is 10.6 Å². The van der Waals surface area contributed by atoms with Gasteiger partial charge in [0, 0.05) is 24.7 Å². The highest BCUT2D eigenvalue weighted by Crippen LogP contribution is 2.38. The molecule has 2 aromatic rings. The number of carbonyl (C=O) groups excluding carboxylic acids is 3. The lowest BCUT2D eigenvalue weighted by Crippen LogP contribution is -2.32. The summed E-state index contributed by atoms with van der Waals surface area (Å²) in [6.07, 6.45) is 6.19. The molecule has 3 rings (SSSR count). The molecule has 0 unspecified atom stereocenters. The maximum absolute atomic E-state index is 12.6. The smallest absolute Gasteiger partial charge is 0.341 e. The van der Waals surface area contributed by atoms with Crippen LogP contribution in [-0.2, 0) is 27.2 Å². The van der Waals surface area contributed by atoms with Crippen LogP contribution >= 0.6 is 11.3 Å². The van der Waals surface area contributed by atoms with Crippen molar-refractivity contribution >= 4 is 46.0 Å². The molecule has 0 saturated heterocycles. The molecule has 170 valence electrons. The van der Waals surface area contributed by atoms with Gasteiger partial charge in [0.1, 0.15) is 5.00 Å². The molecule has 32 heavy (non-hydrogen) atoms. The highest BCUT2D eigenvalue weighted by molar-refractivity contribution is 7.17. The number of hydrazone groups is 1. The molecule has 1 heterocycles. The number of hydrogen-bond acceptors (Lipinski definition) is 7. The zero-order valence-electron chi connectivity index (χ0n) is 18.6. The van der Waals surface area contributed by atoms with E-state index in [1.807, 2.05) is 43.3 Å². The largest absolute Gasteiger partial charge is 0.462 e. The topological polar surface area (TPSA) is 100 Å². The van der Waals surface area contributed by atoms with Crippen molar-refractivity contribution in [3.8, 4) is 0 Å². The molecular weight excluding hydrogens is 428 g/mol. The molecule has 9 heteroatoms. The van der Waals surface area contributed by atoms with Gasteiger partial charge >= 0.3 is 17.8 Å². The van der Waals surface area contributed by atoms with Crippen molar-refractivity contribution < 1.29 is 19.1 Å². The fourth-order valence-electron chi connectivity index (χ4n) is 3.48. The standard InChI is InChI=1S/C23H28N4O4S/c1-4-31-23(30)19-17-8-6-5-7-9-18(17)32-22(19)25-20(28)21(29)26-24-14-15-10-12-16(13-11-15)27(2)3/h10-14H,4-9H2,1-3H3,(H,25,28)(H,26,29)/b24-14+. The maximum atomic E-state index is 12.6. The number of anilines is 2. The van der Waals surface area contributed by atoms with Crippen LogP contribution in [0.1, 0.15) is 52.5 Å². The van der Waals surface area contributed by atoms with Crippen LogP contribution in [0.15, 0.2) is 29.4 Å². The summed E-state index contributed by atoms with van der Waals surface area (Å²) in [5, 5.41) is 6.80. The summed E-state index contributed by atoms with van der Waals surface area (Å²) >= 11 is 1.34. The SMILES string of the molecule is CCOC(=O)c1c(NC(=O)C(=O)N/N=C/c2ccc(N(C)C)cc2)sc2c1CCCCC2. The van der Waals surface area contributed by atoms with Gasteiger partial charge in [-0.1, -0.05) is 18.6 Å². The van der Waals surface area contributed by atoms with Crippen LogP contribution in [0.2, 0.25) is 0 Å². The number of rotatable bonds is 6. The van der Waals surface area contributed by atoms with Gasteiger partial charge in [0.25, 0.3) is 0 Å². The van der Waals surface area contributed by atoms with Crippen molar-refractivity contribution in [3.63, 3.8) is 0 Å². The monoisotopic (exact) mass is 456 g/mol.